The summed E-state index contributed by atoms with van der Waals surface area (Å²) in [6.07, 6.45) is 3.91. The zero-order chi connectivity index (χ0) is 11.5. The van der Waals surface area contributed by atoms with Crippen LogP contribution in [0.25, 0.3) is 11.4 Å². The number of hydrogen-bond donors (Lipinski definition) is 1. The van der Waals surface area contributed by atoms with E-state index in [1.165, 1.54) is 0 Å². The quantitative estimate of drug-likeness (QED) is 0.884. The van der Waals surface area contributed by atoms with Gasteiger partial charge in [-0.1, -0.05) is 11.6 Å². The van der Waals surface area contributed by atoms with Crippen molar-refractivity contribution in [2.45, 2.75) is 6.42 Å². The molecule has 2 rings (SSSR count). The Bertz CT molecular complexity index is 481. The van der Waals surface area contributed by atoms with Crippen LogP contribution in [-0.4, -0.2) is 26.2 Å². The number of pyridine rings is 1. The Morgan fingerprint density at radius 3 is 2.94 bits per heavy atom. The Morgan fingerprint density at radius 2 is 2.31 bits per heavy atom. The topological polar surface area (TPSA) is 50.9 Å². The highest BCUT2D eigenvalue weighted by atomic mass is 35.5. The van der Waals surface area contributed by atoms with Crippen LogP contribution in [0.1, 0.15) is 5.69 Å². The molecule has 0 fully saturated rings. The average Bonchev–Trinajstić information content (AvgIpc) is 2.59. The molecule has 0 aromatic carbocycles. The zero-order valence-corrected chi connectivity index (χ0v) is 9.65. The monoisotopic (exact) mass is 237 g/mol. The molecule has 4 nitrogen and oxygen atoms in total. The third-order valence-corrected chi connectivity index (χ3v) is 2.83. The second kappa shape index (κ2) is 4.63. The molecule has 16 heavy (non-hydrogen) atoms. The van der Waals surface area contributed by atoms with Crippen LogP contribution in [-0.2, 0) is 13.5 Å². The van der Waals surface area contributed by atoms with E-state index in [2.05, 4.69) is 9.97 Å². The van der Waals surface area contributed by atoms with Gasteiger partial charge in [-0.25, -0.2) is 4.98 Å². The molecule has 0 spiro atoms. The normalized spacial score (nSPS) is 10.7. The Labute approximate surface area is 98.5 Å². The molecule has 0 saturated carbocycles. The summed E-state index contributed by atoms with van der Waals surface area (Å²) in [5.74, 6) is 0.765. The van der Waals surface area contributed by atoms with Crippen LogP contribution in [0.4, 0.5) is 0 Å². The van der Waals surface area contributed by atoms with Crippen LogP contribution >= 0.6 is 11.6 Å². The molecule has 1 N–H and O–H groups in total. The van der Waals surface area contributed by atoms with E-state index in [1.807, 2.05) is 19.2 Å². The van der Waals surface area contributed by atoms with Crippen molar-refractivity contribution < 1.29 is 5.11 Å². The summed E-state index contributed by atoms with van der Waals surface area (Å²) in [6.45, 7) is 0.0449. The fourth-order valence-corrected chi connectivity index (χ4v) is 1.77. The minimum Gasteiger partial charge on any atom is -0.396 e. The van der Waals surface area contributed by atoms with Gasteiger partial charge in [0.25, 0.3) is 0 Å². The number of rotatable bonds is 3. The highest BCUT2D eigenvalue weighted by molar-refractivity contribution is 6.30. The van der Waals surface area contributed by atoms with Gasteiger partial charge in [-0.3, -0.25) is 4.98 Å². The number of nitrogens with zero attached hydrogens (tertiary/aromatic N) is 3. The van der Waals surface area contributed by atoms with Crippen molar-refractivity contribution in [1.29, 1.82) is 0 Å². The second-order valence-corrected chi connectivity index (χ2v) is 3.81. The van der Waals surface area contributed by atoms with E-state index >= 15 is 0 Å². The molecular weight excluding hydrogens is 226 g/mol. The lowest BCUT2D eigenvalue weighted by atomic mass is 10.3. The first kappa shape index (κ1) is 11.1. The van der Waals surface area contributed by atoms with Crippen LogP contribution in [0.3, 0.4) is 0 Å². The number of hydrogen-bond acceptors (Lipinski definition) is 3. The Kier molecular flexibility index (Phi) is 3.22. The molecular formula is C11H12ClN3O. The fraction of sp³-hybridized carbons (Fsp3) is 0.273. The van der Waals surface area contributed by atoms with Crippen LogP contribution in [0.5, 0.6) is 0 Å². The lowest BCUT2D eigenvalue weighted by Crippen LogP contribution is -1.93. The van der Waals surface area contributed by atoms with Crippen LogP contribution in [0.15, 0.2) is 24.5 Å². The number of aliphatic hydroxyl groups excluding tert-OH is 1. The summed E-state index contributed by atoms with van der Waals surface area (Å²) in [6, 6.07) is 3.78. The Morgan fingerprint density at radius 1 is 1.50 bits per heavy atom. The van der Waals surface area contributed by atoms with Crippen molar-refractivity contribution >= 4 is 11.6 Å². The van der Waals surface area contributed by atoms with E-state index in [1.54, 1.807) is 17.0 Å². The number of imidazole rings is 1. The molecule has 0 atom stereocenters. The van der Waals surface area contributed by atoms with Gasteiger partial charge in [0.2, 0.25) is 0 Å². The van der Waals surface area contributed by atoms with Crippen molar-refractivity contribution in [2.24, 2.45) is 7.05 Å². The number of aliphatic hydroxyl groups is 1. The van der Waals surface area contributed by atoms with Crippen LogP contribution < -0.4 is 0 Å². The zero-order valence-electron chi connectivity index (χ0n) is 8.89. The van der Waals surface area contributed by atoms with E-state index in [0.29, 0.717) is 17.3 Å². The smallest absolute Gasteiger partial charge is 0.142 e. The molecule has 2 aromatic heterocycles. The van der Waals surface area contributed by atoms with Crippen molar-refractivity contribution in [2.75, 3.05) is 6.61 Å². The molecule has 84 valence electrons. The molecule has 0 radical (unpaired) electrons. The third kappa shape index (κ3) is 1.94. The first-order valence-electron chi connectivity index (χ1n) is 4.96. The fourth-order valence-electron chi connectivity index (χ4n) is 1.55. The van der Waals surface area contributed by atoms with Crippen LogP contribution in [0, 0.1) is 0 Å². The molecule has 0 bridgehead atoms. The van der Waals surface area contributed by atoms with Gasteiger partial charge in [-0.15, -0.1) is 0 Å². The standard InChI is InChI=1S/C11H12ClN3O/c1-15-10(12)9(4-6-16)14-11(15)8-3-2-5-13-7-8/h2-3,5,7,16H,4,6H2,1H3. The summed E-state index contributed by atoms with van der Waals surface area (Å²) in [4.78, 5) is 8.44. The van der Waals surface area contributed by atoms with E-state index in [0.717, 1.165) is 11.4 Å². The average molecular weight is 238 g/mol. The van der Waals surface area contributed by atoms with Gasteiger partial charge in [0.15, 0.2) is 0 Å². The Hall–Kier alpha value is -1.39. The minimum absolute atomic E-state index is 0.0449. The van der Waals surface area contributed by atoms with Crippen molar-refractivity contribution in [3.05, 3.63) is 35.4 Å². The molecule has 0 unspecified atom stereocenters. The molecule has 0 aliphatic carbocycles. The van der Waals surface area contributed by atoms with Gasteiger partial charge in [0.05, 0.1) is 5.69 Å². The van der Waals surface area contributed by atoms with Gasteiger partial charge >= 0.3 is 0 Å². The number of halogens is 1. The Balaban J connectivity index is 2.46. The van der Waals surface area contributed by atoms with Crippen molar-refractivity contribution in [3.8, 4) is 11.4 Å². The first-order chi connectivity index (χ1) is 7.74. The van der Waals surface area contributed by atoms with E-state index in [4.69, 9.17) is 16.7 Å². The summed E-state index contributed by atoms with van der Waals surface area (Å²) in [7, 11) is 1.85. The summed E-state index contributed by atoms with van der Waals surface area (Å²) in [5, 5.41) is 9.46. The molecule has 5 heteroatoms. The number of aromatic nitrogens is 3. The summed E-state index contributed by atoms with van der Waals surface area (Å²) >= 11 is 6.11. The summed E-state index contributed by atoms with van der Waals surface area (Å²) < 4.78 is 1.80. The predicted molar refractivity (Wildman–Crippen MR) is 62.2 cm³/mol. The van der Waals surface area contributed by atoms with Gasteiger partial charge < -0.3 is 9.67 Å². The highest BCUT2D eigenvalue weighted by Gasteiger charge is 2.13. The molecule has 0 aliphatic heterocycles. The van der Waals surface area contributed by atoms with Crippen LogP contribution in [0.2, 0.25) is 5.15 Å². The summed E-state index contributed by atoms with van der Waals surface area (Å²) in [5.41, 5.74) is 1.63. The maximum Gasteiger partial charge on any atom is 0.142 e. The lowest BCUT2D eigenvalue weighted by molar-refractivity contribution is 0.298. The maximum atomic E-state index is 8.89. The largest absolute Gasteiger partial charge is 0.396 e. The minimum atomic E-state index is 0.0449. The lowest BCUT2D eigenvalue weighted by Gasteiger charge is -2.00. The van der Waals surface area contributed by atoms with E-state index in [9.17, 15) is 0 Å². The van der Waals surface area contributed by atoms with Gasteiger partial charge in [-0.05, 0) is 12.1 Å². The van der Waals surface area contributed by atoms with Gasteiger partial charge in [0, 0.05) is 38.0 Å². The van der Waals surface area contributed by atoms with Crippen molar-refractivity contribution in [3.63, 3.8) is 0 Å². The second-order valence-electron chi connectivity index (χ2n) is 3.45. The van der Waals surface area contributed by atoms with Crippen molar-refractivity contribution in [1.82, 2.24) is 14.5 Å². The first-order valence-corrected chi connectivity index (χ1v) is 5.34. The highest BCUT2D eigenvalue weighted by Crippen LogP contribution is 2.24. The maximum absolute atomic E-state index is 8.89. The third-order valence-electron chi connectivity index (χ3n) is 2.36. The van der Waals surface area contributed by atoms with E-state index in [-0.39, 0.29) is 6.61 Å². The predicted octanol–water partition coefficient (Wildman–Crippen LogP) is 1.67. The molecule has 0 saturated heterocycles. The molecule has 2 aromatic rings. The van der Waals surface area contributed by atoms with Gasteiger partial charge in [-0.2, -0.15) is 0 Å². The molecule has 0 amide bonds. The molecule has 2 heterocycles. The molecule has 0 aliphatic rings. The van der Waals surface area contributed by atoms with Gasteiger partial charge in [0.1, 0.15) is 11.0 Å². The van der Waals surface area contributed by atoms with E-state index < -0.39 is 0 Å². The SMILES string of the molecule is Cn1c(-c2cccnc2)nc(CCO)c1Cl.